The average molecular weight is 424 g/mol. The first-order valence-corrected chi connectivity index (χ1v) is 11.0. The van der Waals surface area contributed by atoms with Crippen LogP contribution < -0.4 is 10.4 Å². The Kier molecular flexibility index (Phi) is 4.50. The highest BCUT2D eigenvalue weighted by atomic mass is 16.7. The van der Waals surface area contributed by atoms with Gasteiger partial charge >= 0.3 is 7.12 Å². The number of hydrogen-bond acceptors (Lipinski definition) is 6. The fourth-order valence-corrected chi connectivity index (χ4v) is 4.54. The van der Waals surface area contributed by atoms with E-state index in [-0.39, 0.29) is 10.6 Å². The minimum absolute atomic E-state index is 0.101. The molecule has 1 aromatic heterocycles. The molecule has 9 heteroatoms. The van der Waals surface area contributed by atoms with Crippen molar-refractivity contribution in [3.63, 3.8) is 0 Å². The van der Waals surface area contributed by atoms with E-state index in [2.05, 4.69) is 10.00 Å². The predicted octanol–water partition coefficient (Wildman–Crippen LogP) is 3.46. The topological polar surface area (TPSA) is 82.7 Å². The van der Waals surface area contributed by atoms with Crippen LogP contribution in [0, 0.1) is 15.5 Å². The SMILES string of the molecule is CC1(C)OB(c2cnn(-c3ccc([N+](=O)[O-])cc3N3CCC4(CC3)CC4)c2)OC1(C)C. The Morgan fingerprint density at radius 1 is 1.03 bits per heavy atom. The largest absolute Gasteiger partial charge is 0.498 e. The minimum Gasteiger partial charge on any atom is -0.399 e. The summed E-state index contributed by atoms with van der Waals surface area (Å²) in [5.74, 6) is 0. The van der Waals surface area contributed by atoms with Gasteiger partial charge < -0.3 is 14.2 Å². The van der Waals surface area contributed by atoms with Gasteiger partial charge in [0.2, 0.25) is 0 Å². The van der Waals surface area contributed by atoms with E-state index in [0.29, 0.717) is 5.41 Å². The number of rotatable bonds is 4. The van der Waals surface area contributed by atoms with Gasteiger partial charge in [-0.05, 0) is 64.9 Å². The lowest BCUT2D eigenvalue weighted by Gasteiger charge is -2.34. The molecule has 2 saturated heterocycles. The quantitative estimate of drug-likeness (QED) is 0.425. The van der Waals surface area contributed by atoms with Gasteiger partial charge in [0.15, 0.2) is 0 Å². The van der Waals surface area contributed by atoms with E-state index in [9.17, 15) is 10.1 Å². The van der Waals surface area contributed by atoms with Crippen LogP contribution >= 0.6 is 0 Å². The summed E-state index contributed by atoms with van der Waals surface area (Å²) in [5, 5.41) is 16.0. The maximum absolute atomic E-state index is 11.4. The van der Waals surface area contributed by atoms with Crippen molar-refractivity contribution >= 4 is 24.0 Å². The van der Waals surface area contributed by atoms with Crippen LogP contribution in [0.3, 0.4) is 0 Å². The Labute approximate surface area is 182 Å². The Morgan fingerprint density at radius 3 is 2.26 bits per heavy atom. The molecule has 3 heterocycles. The molecule has 2 aliphatic heterocycles. The highest BCUT2D eigenvalue weighted by Gasteiger charge is 2.52. The molecule has 1 aliphatic carbocycles. The minimum atomic E-state index is -0.495. The van der Waals surface area contributed by atoms with Gasteiger partial charge in [0, 0.05) is 43.1 Å². The number of hydrogen-bond donors (Lipinski definition) is 0. The van der Waals surface area contributed by atoms with E-state index in [4.69, 9.17) is 9.31 Å². The van der Waals surface area contributed by atoms with Gasteiger partial charge in [0.05, 0.1) is 27.5 Å². The second-order valence-electron chi connectivity index (χ2n) is 10.2. The molecular formula is C22H29BN4O4. The fourth-order valence-electron chi connectivity index (χ4n) is 4.54. The molecular weight excluding hydrogens is 395 g/mol. The summed E-state index contributed by atoms with van der Waals surface area (Å²) < 4.78 is 14.1. The number of aromatic nitrogens is 2. The molecule has 0 radical (unpaired) electrons. The molecule has 1 aromatic carbocycles. The lowest BCUT2D eigenvalue weighted by Crippen LogP contribution is -2.41. The van der Waals surface area contributed by atoms with Crippen LogP contribution in [0.25, 0.3) is 5.69 Å². The lowest BCUT2D eigenvalue weighted by molar-refractivity contribution is -0.384. The lowest BCUT2D eigenvalue weighted by atomic mass is 9.82. The first-order valence-electron chi connectivity index (χ1n) is 11.0. The van der Waals surface area contributed by atoms with Crippen molar-refractivity contribution in [1.82, 2.24) is 9.78 Å². The van der Waals surface area contributed by atoms with Crippen LogP contribution in [0.1, 0.15) is 53.4 Å². The molecule has 3 fully saturated rings. The summed E-state index contributed by atoms with van der Waals surface area (Å²) in [6.07, 6.45) is 8.58. The number of non-ortho nitro benzene ring substituents is 1. The Hall–Kier alpha value is -2.39. The summed E-state index contributed by atoms with van der Waals surface area (Å²) in [7, 11) is -0.495. The Balaban J connectivity index is 1.46. The maximum Gasteiger partial charge on any atom is 0.498 e. The van der Waals surface area contributed by atoms with Crippen molar-refractivity contribution in [2.45, 2.75) is 64.6 Å². The molecule has 1 saturated carbocycles. The smallest absolute Gasteiger partial charge is 0.399 e. The standard InChI is InChI=1S/C22H29BN4O4/c1-20(2)21(3,4)31-23(30-20)16-14-24-26(15-16)18-6-5-17(27(28)29)13-19(18)25-11-9-22(7-8-22)10-12-25/h5-6,13-15H,7-12H2,1-4H3. The van der Waals surface area contributed by atoms with Gasteiger partial charge in [0.25, 0.3) is 5.69 Å². The van der Waals surface area contributed by atoms with Crippen molar-refractivity contribution in [2.24, 2.45) is 5.41 Å². The first-order chi connectivity index (χ1) is 14.6. The highest BCUT2D eigenvalue weighted by molar-refractivity contribution is 6.62. The van der Waals surface area contributed by atoms with Crippen LogP contribution in [-0.2, 0) is 9.31 Å². The summed E-state index contributed by atoms with van der Waals surface area (Å²) in [4.78, 5) is 13.4. The number of nitro groups is 1. The fraction of sp³-hybridized carbons (Fsp3) is 0.591. The second kappa shape index (κ2) is 6.80. The zero-order valence-electron chi connectivity index (χ0n) is 18.6. The van der Waals surface area contributed by atoms with Crippen molar-refractivity contribution in [1.29, 1.82) is 0 Å². The van der Waals surface area contributed by atoms with Crippen LogP contribution in [0.5, 0.6) is 0 Å². The molecule has 0 atom stereocenters. The van der Waals surface area contributed by atoms with Gasteiger partial charge in [-0.2, -0.15) is 5.10 Å². The molecule has 2 aromatic rings. The van der Waals surface area contributed by atoms with Gasteiger partial charge in [-0.3, -0.25) is 10.1 Å². The highest BCUT2D eigenvalue weighted by Crippen LogP contribution is 2.54. The van der Waals surface area contributed by atoms with Crippen molar-refractivity contribution in [3.8, 4) is 5.69 Å². The van der Waals surface area contributed by atoms with Crippen LogP contribution in [0.15, 0.2) is 30.6 Å². The molecule has 0 N–H and O–H groups in total. The number of benzene rings is 1. The van der Waals surface area contributed by atoms with Crippen molar-refractivity contribution in [2.75, 3.05) is 18.0 Å². The van der Waals surface area contributed by atoms with Gasteiger partial charge in [-0.1, -0.05) is 0 Å². The van der Waals surface area contributed by atoms with Crippen LogP contribution in [0.2, 0.25) is 0 Å². The number of nitrogens with zero attached hydrogens (tertiary/aromatic N) is 4. The Morgan fingerprint density at radius 2 is 1.68 bits per heavy atom. The molecule has 0 unspecified atom stereocenters. The molecule has 164 valence electrons. The Bertz CT molecular complexity index is 1000. The van der Waals surface area contributed by atoms with E-state index >= 15 is 0 Å². The summed E-state index contributed by atoms with van der Waals surface area (Å²) >= 11 is 0. The van der Waals surface area contributed by atoms with E-state index in [1.165, 1.54) is 12.8 Å². The molecule has 8 nitrogen and oxygen atoms in total. The van der Waals surface area contributed by atoms with E-state index in [0.717, 1.165) is 42.8 Å². The number of piperidine rings is 1. The van der Waals surface area contributed by atoms with E-state index in [1.807, 2.05) is 33.9 Å². The summed E-state index contributed by atoms with van der Waals surface area (Å²) in [6, 6.07) is 5.01. The summed E-state index contributed by atoms with van der Waals surface area (Å²) in [6.45, 7) is 9.92. The maximum atomic E-state index is 11.4. The molecule has 0 bridgehead atoms. The van der Waals surface area contributed by atoms with Gasteiger partial charge in [-0.15, -0.1) is 0 Å². The van der Waals surface area contributed by atoms with Gasteiger partial charge in [0.1, 0.15) is 0 Å². The second-order valence-corrected chi connectivity index (χ2v) is 10.2. The first kappa shape index (κ1) is 20.5. The molecule has 31 heavy (non-hydrogen) atoms. The molecule has 0 amide bonds. The molecule has 3 aliphatic rings. The normalized spacial score (nSPS) is 23.4. The van der Waals surface area contributed by atoms with E-state index < -0.39 is 18.3 Å². The average Bonchev–Trinajstić information content (AvgIpc) is 3.20. The number of anilines is 1. The third kappa shape index (κ3) is 3.53. The predicted molar refractivity (Wildman–Crippen MR) is 119 cm³/mol. The zero-order valence-corrected chi connectivity index (χ0v) is 18.6. The molecule has 5 rings (SSSR count). The zero-order chi connectivity index (χ0) is 22.0. The van der Waals surface area contributed by atoms with Crippen LogP contribution in [-0.4, -0.2) is 46.1 Å². The monoisotopic (exact) mass is 424 g/mol. The number of nitro benzene ring substituents is 1. The third-order valence-corrected chi connectivity index (χ3v) is 7.67. The van der Waals surface area contributed by atoms with Crippen LogP contribution in [0.4, 0.5) is 11.4 Å². The van der Waals surface area contributed by atoms with Gasteiger partial charge in [-0.25, -0.2) is 4.68 Å². The third-order valence-electron chi connectivity index (χ3n) is 7.67. The molecule has 1 spiro atoms. The summed E-state index contributed by atoms with van der Waals surface area (Å²) in [5.41, 5.74) is 2.30. The van der Waals surface area contributed by atoms with E-state index in [1.54, 1.807) is 29.1 Å². The van der Waals surface area contributed by atoms with Crippen molar-refractivity contribution < 1.29 is 14.2 Å². The van der Waals surface area contributed by atoms with Crippen molar-refractivity contribution in [3.05, 3.63) is 40.7 Å².